The van der Waals surface area contributed by atoms with Crippen LogP contribution in [0.25, 0.3) is 0 Å². The lowest BCUT2D eigenvalue weighted by Crippen LogP contribution is -2.27. The highest BCUT2D eigenvalue weighted by Crippen LogP contribution is 2.28. The van der Waals surface area contributed by atoms with E-state index in [-0.39, 0.29) is 17.8 Å². The van der Waals surface area contributed by atoms with Gasteiger partial charge in [0.25, 0.3) is 5.91 Å². The Hall–Kier alpha value is -2.56. The number of carbonyl (C=O) groups excluding carboxylic acids is 1. The number of carbonyl (C=O) groups is 1. The van der Waals surface area contributed by atoms with E-state index >= 15 is 0 Å². The van der Waals surface area contributed by atoms with Gasteiger partial charge in [-0.2, -0.15) is 0 Å². The molecule has 0 aliphatic carbocycles. The molecular formula is C17H18FNO3. The summed E-state index contributed by atoms with van der Waals surface area (Å²) in [5.74, 6) is 0.242. The second-order valence-corrected chi connectivity index (χ2v) is 4.78. The number of nitrogens with one attached hydrogen (secondary N) is 1. The van der Waals surface area contributed by atoms with Crippen LogP contribution in [-0.4, -0.2) is 20.1 Å². The van der Waals surface area contributed by atoms with E-state index < -0.39 is 0 Å². The first-order valence-electron chi connectivity index (χ1n) is 6.84. The van der Waals surface area contributed by atoms with E-state index in [0.29, 0.717) is 17.1 Å². The Morgan fingerprint density at radius 2 is 1.59 bits per heavy atom. The number of methoxy groups -OCH3 is 2. The SMILES string of the molecule is COc1cccc(OC)c1C(=O)NC(C)c1ccc(F)cc1. The molecule has 1 amide bonds. The zero-order valence-corrected chi connectivity index (χ0v) is 12.7. The second-order valence-electron chi connectivity index (χ2n) is 4.78. The largest absolute Gasteiger partial charge is 0.496 e. The quantitative estimate of drug-likeness (QED) is 0.921. The molecule has 1 N–H and O–H groups in total. The zero-order valence-electron chi connectivity index (χ0n) is 12.7. The monoisotopic (exact) mass is 303 g/mol. The molecule has 2 aromatic rings. The van der Waals surface area contributed by atoms with Crippen molar-refractivity contribution >= 4 is 5.91 Å². The van der Waals surface area contributed by atoms with Gasteiger partial charge in [0, 0.05) is 0 Å². The molecule has 2 rings (SSSR count). The Morgan fingerprint density at radius 3 is 2.09 bits per heavy atom. The number of ether oxygens (including phenoxy) is 2. The molecule has 0 radical (unpaired) electrons. The van der Waals surface area contributed by atoms with Gasteiger partial charge in [-0.15, -0.1) is 0 Å². The maximum atomic E-state index is 13.0. The summed E-state index contributed by atoms with van der Waals surface area (Å²) in [6.07, 6.45) is 0. The first kappa shape index (κ1) is 15.8. The first-order chi connectivity index (χ1) is 10.6. The van der Waals surface area contributed by atoms with Gasteiger partial charge in [-0.1, -0.05) is 18.2 Å². The van der Waals surface area contributed by atoms with E-state index in [1.165, 1.54) is 26.4 Å². The number of hydrogen-bond acceptors (Lipinski definition) is 3. The molecule has 0 heterocycles. The van der Waals surface area contributed by atoms with Crippen molar-refractivity contribution in [2.75, 3.05) is 14.2 Å². The summed E-state index contributed by atoms with van der Waals surface area (Å²) < 4.78 is 23.4. The van der Waals surface area contributed by atoms with Gasteiger partial charge < -0.3 is 14.8 Å². The van der Waals surface area contributed by atoms with Crippen molar-refractivity contribution in [3.8, 4) is 11.5 Å². The van der Waals surface area contributed by atoms with Crippen LogP contribution < -0.4 is 14.8 Å². The van der Waals surface area contributed by atoms with E-state index in [4.69, 9.17) is 9.47 Å². The molecule has 1 unspecified atom stereocenters. The first-order valence-corrected chi connectivity index (χ1v) is 6.84. The van der Waals surface area contributed by atoms with Crippen LogP contribution in [-0.2, 0) is 0 Å². The van der Waals surface area contributed by atoms with E-state index in [9.17, 15) is 9.18 Å². The molecule has 0 spiro atoms. The van der Waals surface area contributed by atoms with Crippen LogP contribution in [0, 0.1) is 5.82 Å². The molecule has 0 saturated carbocycles. The lowest BCUT2D eigenvalue weighted by atomic mass is 10.1. The molecule has 0 aliphatic rings. The van der Waals surface area contributed by atoms with E-state index in [2.05, 4.69) is 5.32 Å². The van der Waals surface area contributed by atoms with Gasteiger partial charge in [-0.3, -0.25) is 4.79 Å². The van der Waals surface area contributed by atoms with Gasteiger partial charge in [0.2, 0.25) is 0 Å². The smallest absolute Gasteiger partial charge is 0.259 e. The van der Waals surface area contributed by atoms with E-state index in [1.54, 1.807) is 30.3 Å². The van der Waals surface area contributed by atoms with Crippen LogP contribution in [0.4, 0.5) is 4.39 Å². The van der Waals surface area contributed by atoms with Crippen LogP contribution in [0.2, 0.25) is 0 Å². The summed E-state index contributed by atoms with van der Waals surface area (Å²) in [7, 11) is 2.99. The Kier molecular flexibility index (Phi) is 4.99. The average Bonchev–Trinajstić information content (AvgIpc) is 2.54. The molecule has 2 aromatic carbocycles. The average molecular weight is 303 g/mol. The fourth-order valence-corrected chi connectivity index (χ4v) is 2.18. The Labute approximate surface area is 128 Å². The molecule has 1 atom stereocenters. The highest BCUT2D eigenvalue weighted by Gasteiger charge is 2.20. The van der Waals surface area contributed by atoms with Crippen molar-refractivity contribution in [3.63, 3.8) is 0 Å². The van der Waals surface area contributed by atoms with Crippen molar-refractivity contribution in [2.45, 2.75) is 13.0 Å². The summed E-state index contributed by atoms with van der Waals surface area (Å²) in [6, 6.07) is 10.9. The predicted octanol–water partition coefficient (Wildman–Crippen LogP) is 3.33. The summed E-state index contributed by atoms with van der Waals surface area (Å²) in [5, 5.41) is 2.86. The number of rotatable bonds is 5. The van der Waals surface area contributed by atoms with Crippen LogP contribution in [0.3, 0.4) is 0 Å². The Bertz CT molecular complexity index is 633. The van der Waals surface area contributed by atoms with Gasteiger partial charge in [-0.25, -0.2) is 4.39 Å². The minimum atomic E-state index is -0.314. The maximum absolute atomic E-state index is 13.0. The maximum Gasteiger partial charge on any atom is 0.259 e. The molecule has 5 heteroatoms. The fourth-order valence-electron chi connectivity index (χ4n) is 2.18. The van der Waals surface area contributed by atoms with Crippen molar-refractivity contribution in [1.82, 2.24) is 5.32 Å². The summed E-state index contributed by atoms with van der Waals surface area (Å²) in [5.41, 5.74) is 1.14. The number of benzene rings is 2. The standard InChI is InChI=1S/C17H18FNO3/c1-11(12-7-9-13(18)10-8-12)19-17(20)16-14(21-2)5-4-6-15(16)22-3/h4-11H,1-3H3,(H,19,20). The van der Waals surface area contributed by atoms with Crippen molar-refractivity contribution in [1.29, 1.82) is 0 Å². The van der Waals surface area contributed by atoms with Gasteiger partial charge in [0.1, 0.15) is 22.9 Å². The number of amides is 1. The fraction of sp³-hybridized carbons (Fsp3) is 0.235. The normalized spacial score (nSPS) is 11.6. The van der Waals surface area contributed by atoms with Crippen LogP contribution in [0.5, 0.6) is 11.5 Å². The third-order valence-electron chi connectivity index (χ3n) is 3.37. The molecule has 22 heavy (non-hydrogen) atoms. The highest BCUT2D eigenvalue weighted by atomic mass is 19.1. The minimum absolute atomic E-state index is 0.275. The van der Waals surface area contributed by atoms with Crippen LogP contribution in [0.15, 0.2) is 42.5 Å². The summed E-state index contributed by atoms with van der Waals surface area (Å²) in [6.45, 7) is 1.83. The lowest BCUT2D eigenvalue weighted by molar-refractivity contribution is 0.0933. The molecule has 0 fully saturated rings. The molecule has 0 bridgehead atoms. The minimum Gasteiger partial charge on any atom is -0.496 e. The summed E-state index contributed by atoms with van der Waals surface area (Å²) >= 11 is 0. The van der Waals surface area contributed by atoms with Crippen molar-refractivity contribution in [2.24, 2.45) is 0 Å². The number of hydrogen-bond donors (Lipinski definition) is 1. The molecule has 116 valence electrons. The van der Waals surface area contributed by atoms with E-state index in [1.807, 2.05) is 6.92 Å². The third kappa shape index (κ3) is 3.36. The molecule has 0 saturated heterocycles. The van der Waals surface area contributed by atoms with Gasteiger partial charge in [0.15, 0.2) is 0 Å². The molecular weight excluding hydrogens is 285 g/mol. The van der Waals surface area contributed by atoms with Crippen molar-refractivity contribution < 1.29 is 18.7 Å². The molecule has 4 nitrogen and oxygen atoms in total. The lowest BCUT2D eigenvalue weighted by Gasteiger charge is -2.17. The van der Waals surface area contributed by atoms with Gasteiger partial charge >= 0.3 is 0 Å². The third-order valence-corrected chi connectivity index (χ3v) is 3.37. The highest BCUT2D eigenvalue weighted by molar-refractivity contribution is 5.99. The van der Waals surface area contributed by atoms with Gasteiger partial charge in [-0.05, 0) is 36.8 Å². The van der Waals surface area contributed by atoms with Gasteiger partial charge in [0.05, 0.1) is 20.3 Å². The Morgan fingerprint density at radius 1 is 1.05 bits per heavy atom. The summed E-state index contributed by atoms with van der Waals surface area (Å²) in [4.78, 5) is 12.5. The predicted molar refractivity (Wildman–Crippen MR) is 81.8 cm³/mol. The topological polar surface area (TPSA) is 47.6 Å². The van der Waals surface area contributed by atoms with Crippen LogP contribution in [0.1, 0.15) is 28.9 Å². The Balaban J connectivity index is 2.23. The second kappa shape index (κ2) is 6.93. The number of halogens is 1. The van der Waals surface area contributed by atoms with Crippen LogP contribution >= 0.6 is 0 Å². The molecule has 0 aliphatic heterocycles. The zero-order chi connectivity index (χ0) is 16.1. The van der Waals surface area contributed by atoms with Crippen molar-refractivity contribution in [3.05, 3.63) is 59.4 Å². The molecule has 0 aromatic heterocycles. The van der Waals surface area contributed by atoms with E-state index in [0.717, 1.165) is 5.56 Å².